The highest BCUT2D eigenvalue weighted by Gasteiger charge is 2.52. The lowest BCUT2D eigenvalue weighted by atomic mass is 9.95. The zero-order chi connectivity index (χ0) is 38.4. The van der Waals surface area contributed by atoms with Crippen LogP contribution in [0, 0.1) is 17.5 Å². The second kappa shape index (κ2) is 13.2. The van der Waals surface area contributed by atoms with Crippen LogP contribution in [0.5, 0.6) is 17.6 Å². The average molecular weight is 767 g/mol. The van der Waals surface area contributed by atoms with Gasteiger partial charge in [-0.15, -0.1) is 0 Å². The molecule has 16 heteroatoms. The van der Waals surface area contributed by atoms with Crippen molar-refractivity contribution in [3.8, 4) is 28.9 Å². The summed E-state index contributed by atoms with van der Waals surface area (Å²) in [5.41, 5.74) is -1.90. The Morgan fingerprint density at radius 1 is 1.02 bits per heavy atom. The topological polar surface area (TPSA) is 112 Å². The van der Waals surface area contributed by atoms with E-state index in [1.54, 1.807) is 4.90 Å². The molecule has 5 aliphatic rings. The minimum atomic E-state index is -1.19. The fourth-order valence-electron chi connectivity index (χ4n) is 9.32. The molecular formula is C39H42F4N6O6. The van der Waals surface area contributed by atoms with Crippen molar-refractivity contribution in [2.24, 2.45) is 0 Å². The number of nitrogens with zero attached hydrogens (tertiary/aromatic N) is 6. The van der Waals surface area contributed by atoms with Gasteiger partial charge in [0.15, 0.2) is 24.2 Å². The van der Waals surface area contributed by atoms with Crippen molar-refractivity contribution in [3.05, 3.63) is 41.7 Å². The van der Waals surface area contributed by atoms with Gasteiger partial charge < -0.3 is 28.6 Å². The van der Waals surface area contributed by atoms with Crippen LogP contribution in [0.4, 0.5) is 28.2 Å². The third-order valence-corrected chi connectivity index (χ3v) is 11.6. The molecule has 292 valence electrons. The molecule has 5 aliphatic heterocycles. The van der Waals surface area contributed by atoms with Gasteiger partial charge in [-0.1, -0.05) is 6.07 Å². The SMILES string of the molecule is COCOc1cc(-c2nc3c4c(nc(OC[C@@]56CCCN5C[C@@H](F)C6)nc4c2F)N2C[C@@H]4CC[C@H]([C@@H]2CO3)N4C(=O)OC(C)(C)C)c2c(F)c(F)ccc2c1. The van der Waals surface area contributed by atoms with E-state index < -0.39 is 46.9 Å². The molecule has 2 aromatic carbocycles. The Balaban J connectivity index is 1.20. The summed E-state index contributed by atoms with van der Waals surface area (Å²) in [5.74, 6) is -2.76. The second-order valence-corrected chi connectivity index (χ2v) is 16.2. The summed E-state index contributed by atoms with van der Waals surface area (Å²) in [5, 5.41) is 0.197. The Morgan fingerprint density at radius 2 is 1.85 bits per heavy atom. The summed E-state index contributed by atoms with van der Waals surface area (Å²) in [6, 6.07) is 4.09. The minimum Gasteiger partial charge on any atom is -0.475 e. The van der Waals surface area contributed by atoms with Gasteiger partial charge >= 0.3 is 12.1 Å². The number of hydrogen-bond acceptors (Lipinski definition) is 11. The predicted octanol–water partition coefficient (Wildman–Crippen LogP) is 6.55. The van der Waals surface area contributed by atoms with E-state index in [0.29, 0.717) is 38.2 Å². The number of fused-ring (bicyclic) bond motifs is 7. The van der Waals surface area contributed by atoms with Crippen LogP contribution < -0.4 is 19.1 Å². The summed E-state index contributed by atoms with van der Waals surface area (Å²) in [7, 11) is 1.43. The van der Waals surface area contributed by atoms with Crippen LogP contribution in [0.25, 0.3) is 32.9 Å². The molecule has 12 nitrogen and oxygen atoms in total. The molecule has 2 bridgehead atoms. The number of pyridine rings is 1. The van der Waals surface area contributed by atoms with Crippen LogP contribution in [0.2, 0.25) is 0 Å². The van der Waals surface area contributed by atoms with E-state index in [9.17, 15) is 13.6 Å². The van der Waals surface area contributed by atoms with E-state index in [0.717, 1.165) is 25.5 Å². The summed E-state index contributed by atoms with van der Waals surface area (Å²) in [6.07, 6.45) is 1.92. The number of hydrogen-bond donors (Lipinski definition) is 0. The molecule has 55 heavy (non-hydrogen) atoms. The molecule has 7 heterocycles. The van der Waals surface area contributed by atoms with Gasteiger partial charge in [0.1, 0.15) is 53.2 Å². The average Bonchev–Trinajstić information content (AvgIpc) is 3.75. The summed E-state index contributed by atoms with van der Waals surface area (Å²) in [4.78, 5) is 33.5. The quantitative estimate of drug-likeness (QED) is 0.151. The largest absolute Gasteiger partial charge is 0.475 e. The Bertz CT molecular complexity index is 2210. The molecule has 9 rings (SSSR count). The number of carbonyl (C=O) groups is 1. The highest BCUT2D eigenvalue weighted by molar-refractivity contribution is 6.02. The zero-order valence-corrected chi connectivity index (χ0v) is 31.0. The normalized spacial score (nSPS) is 25.9. The summed E-state index contributed by atoms with van der Waals surface area (Å²) in [6.45, 7) is 6.84. The lowest BCUT2D eigenvalue weighted by molar-refractivity contribution is 0.00537. The molecule has 5 atom stereocenters. The van der Waals surface area contributed by atoms with Gasteiger partial charge in [-0.05, 0) is 76.6 Å². The minimum absolute atomic E-state index is 0.0214. The number of ether oxygens (including phenoxy) is 5. The molecule has 0 aliphatic carbocycles. The number of alkyl halides is 1. The maximum atomic E-state index is 17.4. The van der Waals surface area contributed by atoms with Gasteiger partial charge in [-0.3, -0.25) is 9.80 Å². The van der Waals surface area contributed by atoms with Crippen molar-refractivity contribution in [1.82, 2.24) is 24.8 Å². The van der Waals surface area contributed by atoms with Crippen molar-refractivity contribution in [2.75, 3.05) is 51.7 Å². The number of piperazine rings is 1. The highest BCUT2D eigenvalue weighted by atomic mass is 19.2. The van der Waals surface area contributed by atoms with Gasteiger partial charge in [0, 0.05) is 37.6 Å². The number of amides is 1. The van der Waals surface area contributed by atoms with E-state index in [-0.39, 0.29) is 82.7 Å². The van der Waals surface area contributed by atoms with Crippen LogP contribution in [0.15, 0.2) is 24.3 Å². The Morgan fingerprint density at radius 3 is 2.65 bits per heavy atom. The van der Waals surface area contributed by atoms with Crippen molar-refractivity contribution < 1.29 is 46.0 Å². The molecule has 0 N–H and O–H groups in total. The highest BCUT2D eigenvalue weighted by Crippen LogP contribution is 2.47. The Labute approximate surface area is 314 Å². The van der Waals surface area contributed by atoms with Crippen molar-refractivity contribution in [1.29, 1.82) is 0 Å². The molecule has 0 unspecified atom stereocenters. The smallest absolute Gasteiger partial charge is 0.410 e. The molecule has 0 spiro atoms. The molecular weight excluding hydrogens is 724 g/mol. The molecule has 0 radical (unpaired) electrons. The number of aromatic nitrogens is 3. The number of benzene rings is 2. The van der Waals surface area contributed by atoms with E-state index >= 15 is 8.78 Å². The van der Waals surface area contributed by atoms with Gasteiger partial charge in [-0.25, -0.2) is 27.3 Å². The van der Waals surface area contributed by atoms with E-state index in [1.807, 2.05) is 25.7 Å². The lowest BCUT2D eigenvalue weighted by Gasteiger charge is -2.46. The molecule has 2 aromatic heterocycles. The van der Waals surface area contributed by atoms with Crippen LogP contribution in [0.1, 0.15) is 52.9 Å². The monoisotopic (exact) mass is 766 g/mol. The van der Waals surface area contributed by atoms with Crippen molar-refractivity contribution >= 4 is 33.6 Å². The van der Waals surface area contributed by atoms with Gasteiger partial charge in [0.05, 0.1) is 23.7 Å². The molecule has 4 saturated heterocycles. The summed E-state index contributed by atoms with van der Waals surface area (Å²) < 4.78 is 91.8. The molecule has 1 amide bonds. The second-order valence-electron chi connectivity index (χ2n) is 16.2. The maximum Gasteiger partial charge on any atom is 0.410 e. The Kier molecular flexibility index (Phi) is 8.64. The third-order valence-electron chi connectivity index (χ3n) is 11.6. The molecule has 4 fully saturated rings. The van der Waals surface area contributed by atoms with Crippen molar-refractivity contribution in [2.45, 2.75) is 88.3 Å². The number of halogens is 4. The molecule has 4 aromatic rings. The zero-order valence-electron chi connectivity index (χ0n) is 31.0. The van der Waals surface area contributed by atoms with Gasteiger partial charge in [0.2, 0.25) is 5.88 Å². The third kappa shape index (κ3) is 6.03. The number of carbonyl (C=O) groups excluding carboxylic acids is 1. The van der Waals surface area contributed by atoms with Crippen molar-refractivity contribution in [3.63, 3.8) is 0 Å². The van der Waals surface area contributed by atoms with Crippen LogP contribution in [-0.4, -0.2) is 113 Å². The van der Waals surface area contributed by atoms with Gasteiger partial charge in [-0.2, -0.15) is 9.97 Å². The number of methoxy groups -OCH3 is 1. The first-order chi connectivity index (χ1) is 26.3. The standard InChI is InChI=1S/C39H42F4N6O6/c1-38(2,3)55-37(50)49-22-7-9-26(49)27-17-52-35-29-33(45-36(46-34(29)48(27)16-22)53-18-39-10-5-11-47(39)15-21(40)14-39)31(43)32(44-35)24-13-23(54-19-51-4)12-20-6-8-25(41)30(42)28(20)24/h6,8,12-13,21-22,26-27H,5,7,9-11,14-19H2,1-4H3/t21-,22-,26+,27-,39-/m0/s1. The first kappa shape index (κ1) is 36.0. The van der Waals surface area contributed by atoms with E-state index in [4.69, 9.17) is 28.7 Å². The first-order valence-corrected chi connectivity index (χ1v) is 18.7. The number of rotatable bonds is 7. The number of anilines is 1. The molecule has 0 saturated carbocycles. The van der Waals surface area contributed by atoms with Crippen LogP contribution in [0.3, 0.4) is 0 Å². The lowest BCUT2D eigenvalue weighted by Crippen LogP contribution is -2.63. The maximum absolute atomic E-state index is 17.4. The Hall–Kier alpha value is -4.70. The first-order valence-electron chi connectivity index (χ1n) is 18.7. The van der Waals surface area contributed by atoms with Gasteiger partial charge in [0.25, 0.3) is 0 Å². The van der Waals surface area contributed by atoms with E-state index in [2.05, 4.69) is 14.9 Å². The predicted molar refractivity (Wildman–Crippen MR) is 193 cm³/mol. The van der Waals surface area contributed by atoms with Crippen LogP contribution >= 0.6 is 0 Å². The summed E-state index contributed by atoms with van der Waals surface area (Å²) >= 11 is 0. The fraction of sp³-hybridized carbons (Fsp3) is 0.538. The fourth-order valence-corrected chi connectivity index (χ4v) is 9.32. The van der Waals surface area contributed by atoms with Crippen LogP contribution in [-0.2, 0) is 9.47 Å². The van der Waals surface area contributed by atoms with E-state index in [1.165, 1.54) is 25.3 Å².